The molecule has 1 fully saturated rings. The summed E-state index contributed by atoms with van der Waals surface area (Å²) in [6.07, 6.45) is 0. The topological polar surface area (TPSA) is 54.4 Å². The number of hydrogen-bond donors (Lipinski definition) is 1. The zero-order valence-electron chi connectivity index (χ0n) is 8.50. The van der Waals surface area contributed by atoms with Crippen LogP contribution in [-0.2, 0) is 9.59 Å². The fraction of sp³-hybridized carbons (Fsp3) is 0.800. The number of ketones is 1. The third-order valence-corrected chi connectivity index (χ3v) is 3.36. The molecule has 0 aromatic rings. The molecule has 3 atom stereocenters. The van der Waals surface area contributed by atoms with Crippen LogP contribution in [0, 0.1) is 23.2 Å². The molecule has 0 saturated heterocycles. The molecule has 1 N–H and O–H groups in total. The average Bonchev–Trinajstić information content (AvgIpc) is 2.51. The minimum Gasteiger partial charge on any atom is -0.481 e. The Kier molecular flexibility index (Phi) is 2.22. The molecule has 74 valence electrons. The van der Waals surface area contributed by atoms with Crippen molar-refractivity contribution in [3.63, 3.8) is 0 Å². The zero-order chi connectivity index (χ0) is 10.4. The first-order valence-corrected chi connectivity index (χ1v) is 4.53. The Morgan fingerprint density at radius 2 is 1.85 bits per heavy atom. The van der Waals surface area contributed by atoms with Gasteiger partial charge in [0.25, 0.3) is 0 Å². The van der Waals surface area contributed by atoms with Crippen molar-refractivity contribution in [2.75, 3.05) is 0 Å². The molecule has 0 aliphatic heterocycles. The normalized spacial score (nSPS) is 32.3. The molecule has 1 aliphatic carbocycles. The van der Waals surface area contributed by atoms with Crippen LogP contribution in [0.4, 0.5) is 0 Å². The fourth-order valence-electron chi connectivity index (χ4n) is 2.34. The Labute approximate surface area is 78.1 Å². The van der Waals surface area contributed by atoms with E-state index < -0.39 is 5.97 Å². The van der Waals surface area contributed by atoms with E-state index in [0.29, 0.717) is 0 Å². The summed E-state index contributed by atoms with van der Waals surface area (Å²) in [4.78, 5) is 21.9. The number of hydrogen-bond acceptors (Lipinski definition) is 2. The summed E-state index contributed by atoms with van der Waals surface area (Å²) in [5, 5.41) is 8.88. The van der Waals surface area contributed by atoms with Crippen molar-refractivity contribution in [3.8, 4) is 0 Å². The van der Waals surface area contributed by atoms with E-state index in [-0.39, 0.29) is 29.0 Å². The van der Waals surface area contributed by atoms with Gasteiger partial charge in [0.2, 0.25) is 0 Å². The van der Waals surface area contributed by atoms with Gasteiger partial charge in [0.05, 0.1) is 5.92 Å². The van der Waals surface area contributed by atoms with E-state index in [1.165, 1.54) is 6.92 Å². The highest BCUT2D eigenvalue weighted by molar-refractivity contribution is 5.82. The lowest BCUT2D eigenvalue weighted by molar-refractivity contribution is -0.139. The Hall–Kier alpha value is -0.860. The Morgan fingerprint density at radius 1 is 1.38 bits per heavy atom. The third-order valence-electron chi connectivity index (χ3n) is 3.36. The molecule has 1 saturated carbocycles. The first-order valence-electron chi connectivity index (χ1n) is 4.53. The molecule has 0 aromatic heterocycles. The standard InChI is InChI=1S/C10H16O3/c1-5(6(2)11)7-8(9(12)13)10(7,3)4/h5,7-8H,1-4H3,(H,12,13). The van der Waals surface area contributed by atoms with Gasteiger partial charge in [0.1, 0.15) is 5.78 Å². The number of carbonyl (C=O) groups excluding carboxylic acids is 1. The number of rotatable bonds is 3. The molecule has 3 heteroatoms. The molecule has 0 heterocycles. The largest absolute Gasteiger partial charge is 0.481 e. The molecule has 1 rings (SSSR count). The van der Waals surface area contributed by atoms with Gasteiger partial charge in [0, 0.05) is 5.92 Å². The number of aliphatic carboxylic acids is 1. The number of carbonyl (C=O) groups is 2. The van der Waals surface area contributed by atoms with Crippen LogP contribution in [-0.4, -0.2) is 16.9 Å². The smallest absolute Gasteiger partial charge is 0.307 e. The maximum atomic E-state index is 11.1. The molecule has 3 unspecified atom stereocenters. The predicted octanol–water partition coefficient (Wildman–Crippen LogP) is 1.57. The van der Waals surface area contributed by atoms with E-state index in [4.69, 9.17) is 5.11 Å². The second-order valence-electron chi connectivity index (χ2n) is 4.56. The van der Waals surface area contributed by atoms with Crippen molar-refractivity contribution in [1.82, 2.24) is 0 Å². The SMILES string of the molecule is CC(=O)C(C)C1C(C(=O)O)C1(C)C. The van der Waals surface area contributed by atoms with Crippen LogP contribution in [0.1, 0.15) is 27.7 Å². The molecular formula is C10H16O3. The summed E-state index contributed by atoms with van der Waals surface area (Å²) in [5.41, 5.74) is -0.211. The molecular weight excluding hydrogens is 168 g/mol. The molecule has 3 nitrogen and oxygen atoms in total. The first kappa shape index (κ1) is 10.2. The maximum absolute atomic E-state index is 11.1. The van der Waals surface area contributed by atoms with Crippen molar-refractivity contribution in [2.24, 2.45) is 23.2 Å². The van der Waals surface area contributed by atoms with Gasteiger partial charge in [-0.3, -0.25) is 9.59 Å². The molecule has 0 radical (unpaired) electrons. The van der Waals surface area contributed by atoms with Crippen LogP contribution >= 0.6 is 0 Å². The van der Waals surface area contributed by atoms with Crippen LogP contribution in [0.3, 0.4) is 0 Å². The average molecular weight is 184 g/mol. The summed E-state index contributed by atoms with van der Waals surface area (Å²) in [6, 6.07) is 0. The van der Waals surface area contributed by atoms with E-state index in [1.807, 2.05) is 20.8 Å². The maximum Gasteiger partial charge on any atom is 0.307 e. The van der Waals surface area contributed by atoms with Crippen molar-refractivity contribution >= 4 is 11.8 Å². The van der Waals surface area contributed by atoms with E-state index in [1.54, 1.807) is 0 Å². The van der Waals surface area contributed by atoms with Gasteiger partial charge in [-0.05, 0) is 18.3 Å². The number of carboxylic acid groups (broad SMARTS) is 1. The minimum atomic E-state index is -0.775. The van der Waals surface area contributed by atoms with E-state index in [2.05, 4.69) is 0 Å². The van der Waals surface area contributed by atoms with Gasteiger partial charge >= 0.3 is 5.97 Å². The Morgan fingerprint density at radius 3 is 2.08 bits per heavy atom. The van der Waals surface area contributed by atoms with E-state index >= 15 is 0 Å². The molecule has 1 aliphatic rings. The highest BCUT2D eigenvalue weighted by Gasteiger charge is 2.64. The second kappa shape index (κ2) is 2.82. The summed E-state index contributed by atoms with van der Waals surface area (Å²) >= 11 is 0. The molecule has 0 spiro atoms. The monoisotopic (exact) mass is 184 g/mol. The first-order chi connectivity index (χ1) is 5.80. The molecule has 0 amide bonds. The van der Waals surface area contributed by atoms with Gasteiger partial charge in [-0.1, -0.05) is 20.8 Å². The summed E-state index contributed by atoms with van der Waals surface area (Å²) in [6.45, 7) is 7.17. The van der Waals surface area contributed by atoms with E-state index in [9.17, 15) is 9.59 Å². The van der Waals surface area contributed by atoms with Crippen LogP contribution in [0.25, 0.3) is 0 Å². The van der Waals surface area contributed by atoms with E-state index in [0.717, 1.165) is 0 Å². The van der Waals surface area contributed by atoms with Gasteiger partial charge in [0.15, 0.2) is 0 Å². The van der Waals surface area contributed by atoms with Crippen LogP contribution < -0.4 is 0 Å². The molecule has 0 bridgehead atoms. The van der Waals surface area contributed by atoms with Crippen molar-refractivity contribution in [3.05, 3.63) is 0 Å². The second-order valence-corrected chi connectivity index (χ2v) is 4.56. The van der Waals surface area contributed by atoms with Gasteiger partial charge in [-0.2, -0.15) is 0 Å². The van der Waals surface area contributed by atoms with Gasteiger partial charge in [-0.15, -0.1) is 0 Å². The van der Waals surface area contributed by atoms with Gasteiger partial charge < -0.3 is 5.11 Å². The molecule has 13 heavy (non-hydrogen) atoms. The van der Waals surface area contributed by atoms with Crippen LogP contribution in [0.2, 0.25) is 0 Å². The summed E-state index contributed by atoms with van der Waals surface area (Å²) in [7, 11) is 0. The zero-order valence-corrected chi connectivity index (χ0v) is 8.50. The predicted molar refractivity (Wildman–Crippen MR) is 48.2 cm³/mol. The number of carboxylic acids is 1. The molecule has 0 aromatic carbocycles. The Bertz CT molecular complexity index is 255. The lowest BCUT2D eigenvalue weighted by Crippen LogP contribution is -2.13. The van der Waals surface area contributed by atoms with Crippen LogP contribution in [0.5, 0.6) is 0 Å². The van der Waals surface area contributed by atoms with Crippen LogP contribution in [0.15, 0.2) is 0 Å². The lowest BCUT2D eigenvalue weighted by Gasteiger charge is -2.07. The minimum absolute atomic E-state index is 0.0162. The van der Waals surface area contributed by atoms with Crippen molar-refractivity contribution in [2.45, 2.75) is 27.7 Å². The summed E-state index contributed by atoms with van der Waals surface area (Å²) in [5.74, 6) is -1.14. The Balaban J connectivity index is 2.76. The summed E-state index contributed by atoms with van der Waals surface area (Å²) < 4.78 is 0. The fourth-order valence-corrected chi connectivity index (χ4v) is 2.34. The third kappa shape index (κ3) is 1.47. The van der Waals surface area contributed by atoms with Crippen molar-refractivity contribution in [1.29, 1.82) is 0 Å². The van der Waals surface area contributed by atoms with Crippen molar-refractivity contribution < 1.29 is 14.7 Å². The van der Waals surface area contributed by atoms with Gasteiger partial charge in [-0.25, -0.2) is 0 Å². The quantitative estimate of drug-likeness (QED) is 0.724. The highest BCUT2D eigenvalue weighted by Crippen LogP contribution is 2.61. The number of Topliss-reactive ketones (excluding diaryl/α,β-unsaturated/α-hetero) is 1. The highest BCUT2D eigenvalue weighted by atomic mass is 16.4. The lowest BCUT2D eigenvalue weighted by atomic mass is 9.96.